The van der Waals surface area contributed by atoms with E-state index in [4.69, 9.17) is 0 Å². The zero-order valence-corrected chi connectivity index (χ0v) is 12.9. The number of piperidine rings is 1. The van der Waals surface area contributed by atoms with Crippen LogP contribution in [0.3, 0.4) is 0 Å². The fraction of sp³-hybridized carbons (Fsp3) is 0.625. The van der Waals surface area contributed by atoms with Crippen LogP contribution in [-0.2, 0) is 0 Å². The van der Waals surface area contributed by atoms with Gasteiger partial charge in [0.25, 0.3) is 5.91 Å². The molecule has 0 aliphatic carbocycles. The van der Waals surface area contributed by atoms with Crippen LogP contribution >= 0.6 is 0 Å². The number of pyridine rings is 1. The van der Waals surface area contributed by atoms with Gasteiger partial charge < -0.3 is 15.1 Å². The fourth-order valence-corrected chi connectivity index (χ4v) is 2.91. The van der Waals surface area contributed by atoms with Crippen molar-refractivity contribution < 1.29 is 15.0 Å². The number of aliphatic hydroxyl groups is 1. The number of rotatable bonds is 3. The SMILES string of the molecule is CC(C)C[C@@H]1CN(C(=O)c2ncccc2O)CC[C@]1(C)O. The fourth-order valence-electron chi connectivity index (χ4n) is 2.91. The lowest BCUT2D eigenvalue weighted by molar-refractivity contribution is -0.0578. The first-order chi connectivity index (χ1) is 9.81. The van der Waals surface area contributed by atoms with Crippen molar-refractivity contribution in [3.63, 3.8) is 0 Å². The number of amides is 1. The largest absolute Gasteiger partial charge is 0.505 e. The van der Waals surface area contributed by atoms with Crippen LogP contribution in [0.4, 0.5) is 0 Å². The highest BCUT2D eigenvalue weighted by Crippen LogP contribution is 2.33. The van der Waals surface area contributed by atoms with E-state index in [1.807, 2.05) is 6.92 Å². The van der Waals surface area contributed by atoms with Crippen LogP contribution < -0.4 is 0 Å². The number of carbonyl (C=O) groups excluding carboxylic acids is 1. The van der Waals surface area contributed by atoms with Crippen molar-refractivity contribution in [2.24, 2.45) is 11.8 Å². The molecule has 5 heteroatoms. The predicted molar refractivity (Wildman–Crippen MR) is 80.0 cm³/mol. The zero-order chi connectivity index (χ0) is 15.6. The lowest BCUT2D eigenvalue weighted by Gasteiger charge is -2.43. The molecule has 2 N–H and O–H groups in total. The third-order valence-corrected chi connectivity index (χ3v) is 4.24. The summed E-state index contributed by atoms with van der Waals surface area (Å²) < 4.78 is 0. The third kappa shape index (κ3) is 3.53. The highest BCUT2D eigenvalue weighted by molar-refractivity contribution is 5.94. The molecule has 1 amide bonds. The molecule has 21 heavy (non-hydrogen) atoms. The first-order valence-corrected chi connectivity index (χ1v) is 7.47. The van der Waals surface area contributed by atoms with Crippen LogP contribution in [0.5, 0.6) is 5.75 Å². The van der Waals surface area contributed by atoms with Gasteiger partial charge in [-0.15, -0.1) is 0 Å². The second-order valence-corrected chi connectivity index (χ2v) is 6.56. The van der Waals surface area contributed by atoms with Crippen molar-refractivity contribution in [1.82, 2.24) is 9.88 Å². The van der Waals surface area contributed by atoms with E-state index in [1.165, 1.54) is 12.3 Å². The van der Waals surface area contributed by atoms with Crippen molar-refractivity contribution >= 4 is 5.91 Å². The smallest absolute Gasteiger partial charge is 0.276 e. The van der Waals surface area contributed by atoms with E-state index < -0.39 is 5.60 Å². The molecule has 0 radical (unpaired) electrons. The number of hydrogen-bond donors (Lipinski definition) is 2. The van der Waals surface area contributed by atoms with Crippen molar-refractivity contribution in [2.45, 2.75) is 39.2 Å². The molecule has 0 saturated carbocycles. The number of aromatic hydroxyl groups is 1. The van der Waals surface area contributed by atoms with Crippen molar-refractivity contribution in [3.8, 4) is 5.75 Å². The maximum atomic E-state index is 12.5. The molecular weight excluding hydrogens is 268 g/mol. The van der Waals surface area contributed by atoms with Crippen LogP contribution in [0, 0.1) is 11.8 Å². The van der Waals surface area contributed by atoms with E-state index in [0.717, 1.165) is 6.42 Å². The van der Waals surface area contributed by atoms with Crippen molar-refractivity contribution in [2.75, 3.05) is 13.1 Å². The van der Waals surface area contributed by atoms with Gasteiger partial charge >= 0.3 is 0 Å². The zero-order valence-electron chi connectivity index (χ0n) is 12.9. The van der Waals surface area contributed by atoms with Gasteiger partial charge in [0.05, 0.1) is 5.60 Å². The summed E-state index contributed by atoms with van der Waals surface area (Å²) in [6, 6.07) is 3.06. The summed E-state index contributed by atoms with van der Waals surface area (Å²) in [7, 11) is 0. The quantitative estimate of drug-likeness (QED) is 0.894. The van der Waals surface area contributed by atoms with E-state index in [9.17, 15) is 15.0 Å². The summed E-state index contributed by atoms with van der Waals surface area (Å²) in [6.07, 6.45) is 2.91. The molecular formula is C16H24N2O3. The van der Waals surface area contributed by atoms with Gasteiger partial charge in [-0.25, -0.2) is 4.98 Å². The van der Waals surface area contributed by atoms with Crippen molar-refractivity contribution in [3.05, 3.63) is 24.0 Å². The molecule has 5 nitrogen and oxygen atoms in total. The Morgan fingerprint density at radius 3 is 2.90 bits per heavy atom. The van der Waals surface area contributed by atoms with Crippen LogP contribution in [0.1, 0.15) is 44.1 Å². The Kier molecular flexibility index (Phi) is 4.52. The van der Waals surface area contributed by atoms with Gasteiger partial charge in [-0.3, -0.25) is 4.79 Å². The molecule has 1 aromatic rings. The van der Waals surface area contributed by atoms with Crippen LogP contribution in [0.2, 0.25) is 0 Å². The second-order valence-electron chi connectivity index (χ2n) is 6.56. The average Bonchev–Trinajstić information content (AvgIpc) is 2.40. The van der Waals surface area contributed by atoms with Crippen molar-refractivity contribution in [1.29, 1.82) is 0 Å². The highest BCUT2D eigenvalue weighted by atomic mass is 16.3. The number of aromatic nitrogens is 1. The Balaban J connectivity index is 2.15. The average molecular weight is 292 g/mol. The van der Waals surface area contributed by atoms with Crippen LogP contribution in [0.15, 0.2) is 18.3 Å². The lowest BCUT2D eigenvalue weighted by atomic mass is 9.78. The maximum absolute atomic E-state index is 12.5. The molecule has 0 unspecified atom stereocenters. The molecule has 0 spiro atoms. The summed E-state index contributed by atoms with van der Waals surface area (Å²) in [5, 5.41) is 20.3. The van der Waals surface area contributed by atoms with Crippen LogP contribution in [-0.4, -0.2) is 44.7 Å². The summed E-state index contributed by atoms with van der Waals surface area (Å²) in [5.41, 5.74) is -0.657. The van der Waals surface area contributed by atoms with Gasteiger partial charge in [-0.1, -0.05) is 13.8 Å². The van der Waals surface area contributed by atoms with E-state index in [1.54, 1.807) is 11.0 Å². The second kappa shape index (κ2) is 6.02. The number of likely N-dealkylation sites (tertiary alicyclic amines) is 1. The minimum atomic E-state index is -0.743. The summed E-state index contributed by atoms with van der Waals surface area (Å²) in [4.78, 5) is 18.1. The Morgan fingerprint density at radius 1 is 1.57 bits per heavy atom. The topological polar surface area (TPSA) is 73.7 Å². The maximum Gasteiger partial charge on any atom is 0.276 e. The Bertz CT molecular complexity index is 514. The molecule has 2 rings (SSSR count). The number of hydrogen-bond acceptors (Lipinski definition) is 4. The van der Waals surface area contributed by atoms with E-state index in [0.29, 0.717) is 25.4 Å². The van der Waals surface area contributed by atoms with Gasteiger partial charge in [0, 0.05) is 25.2 Å². The summed E-state index contributed by atoms with van der Waals surface area (Å²) >= 11 is 0. The van der Waals surface area contributed by atoms with E-state index in [2.05, 4.69) is 18.8 Å². The van der Waals surface area contributed by atoms with Gasteiger partial charge in [-0.05, 0) is 37.8 Å². The predicted octanol–water partition coefficient (Wildman–Crippen LogP) is 2.05. The number of carbonyl (C=O) groups is 1. The first kappa shape index (κ1) is 15.8. The first-order valence-electron chi connectivity index (χ1n) is 7.47. The van der Waals surface area contributed by atoms with E-state index in [-0.39, 0.29) is 23.3 Å². The third-order valence-electron chi connectivity index (χ3n) is 4.24. The van der Waals surface area contributed by atoms with Crippen LogP contribution in [0.25, 0.3) is 0 Å². The molecule has 1 fully saturated rings. The molecule has 2 heterocycles. The molecule has 1 saturated heterocycles. The van der Waals surface area contributed by atoms with E-state index >= 15 is 0 Å². The van der Waals surface area contributed by atoms with Gasteiger partial charge in [0.1, 0.15) is 5.75 Å². The highest BCUT2D eigenvalue weighted by Gasteiger charge is 2.39. The molecule has 1 aromatic heterocycles. The molecule has 1 aliphatic rings. The standard InChI is InChI=1S/C16H24N2O3/c1-11(2)9-12-10-18(8-6-16(12,3)21)15(20)14-13(19)5-4-7-17-14/h4-5,7,11-12,19,21H,6,8-10H2,1-3H3/t12-,16+/m1/s1. The van der Waals surface area contributed by atoms with Gasteiger partial charge in [0.2, 0.25) is 0 Å². The minimum Gasteiger partial charge on any atom is -0.505 e. The molecule has 2 atom stereocenters. The molecule has 1 aliphatic heterocycles. The normalized spacial score (nSPS) is 26.1. The Hall–Kier alpha value is -1.62. The summed E-state index contributed by atoms with van der Waals surface area (Å²) in [5.74, 6) is 0.137. The number of nitrogens with zero attached hydrogens (tertiary/aromatic N) is 2. The molecule has 0 aromatic carbocycles. The summed E-state index contributed by atoms with van der Waals surface area (Å²) in [6.45, 7) is 7.05. The Labute approximate surface area is 125 Å². The minimum absolute atomic E-state index is 0.0426. The Morgan fingerprint density at radius 2 is 2.29 bits per heavy atom. The van der Waals surface area contributed by atoms with Gasteiger partial charge in [-0.2, -0.15) is 0 Å². The monoisotopic (exact) mass is 292 g/mol. The molecule has 116 valence electrons. The van der Waals surface area contributed by atoms with Gasteiger partial charge in [0.15, 0.2) is 5.69 Å². The molecule has 0 bridgehead atoms. The lowest BCUT2D eigenvalue weighted by Crippen LogP contribution is -2.52.